The summed E-state index contributed by atoms with van der Waals surface area (Å²) in [5.74, 6) is -1.65. The number of allylic oxidation sites excluding steroid dienone is 4. The first-order valence-electron chi connectivity index (χ1n) is 16.6. The number of hydrogen-bond donors (Lipinski definition) is 3. The minimum atomic E-state index is -1.66. The van der Waals surface area contributed by atoms with E-state index in [0.29, 0.717) is 24.9 Å². The number of phenols is 1. The molecule has 1 saturated carbocycles. The maximum atomic E-state index is 14.8. The van der Waals surface area contributed by atoms with Gasteiger partial charge in [0.15, 0.2) is 22.8 Å². The summed E-state index contributed by atoms with van der Waals surface area (Å²) in [4.78, 5) is 40.2. The van der Waals surface area contributed by atoms with Crippen molar-refractivity contribution >= 4 is 24.1 Å². The van der Waals surface area contributed by atoms with Crippen LogP contribution in [0.5, 0.6) is 17.2 Å². The molecule has 6 atom stereocenters. The van der Waals surface area contributed by atoms with Gasteiger partial charge in [-0.1, -0.05) is 17.7 Å². The first-order valence-corrected chi connectivity index (χ1v) is 16.6. The standard InChI is InChI=1S/C38H46O10/c1-20(2)10-9-13-36(8)14-12-23-29(41)28-30(42)25-16-22-17-26-35(6,7)48-37(33(22)43,15-11-21(3)45-19-39)38(25,26)47-32(28)24(31(23)46-36)18-27(40)34(4,5)44/h10-12,14,16,19,22,26-27,40-41,44H,9,13,15,17-18H2,1-8H3/b21-11-/t22-,26?,27?,36-,37+,38+/m0/s1. The number of aromatic hydroxyl groups is 1. The Balaban J connectivity index is 1.59. The number of ketones is 2. The third kappa shape index (κ3) is 4.90. The van der Waals surface area contributed by atoms with Crippen molar-refractivity contribution in [2.75, 3.05) is 0 Å². The zero-order valence-corrected chi connectivity index (χ0v) is 28.9. The Labute approximate surface area is 281 Å². The van der Waals surface area contributed by atoms with Gasteiger partial charge in [0.05, 0.1) is 22.9 Å². The van der Waals surface area contributed by atoms with Gasteiger partial charge in [-0.15, -0.1) is 0 Å². The Kier molecular flexibility index (Phi) is 7.93. The lowest BCUT2D eigenvalue weighted by atomic mass is 9.51. The monoisotopic (exact) mass is 662 g/mol. The second-order valence-corrected chi connectivity index (χ2v) is 15.5. The summed E-state index contributed by atoms with van der Waals surface area (Å²) in [6, 6.07) is 0. The Hall–Kier alpha value is -3.73. The van der Waals surface area contributed by atoms with Crippen molar-refractivity contribution in [2.24, 2.45) is 11.8 Å². The average molecular weight is 663 g/mol. The molecule has 10 nitrogen and oxygen atoms in total. The number of aliphatic hydroxyl groups is 2. The molecule has 0 amide bonds. The summed E-state index contributed by atoms with van der Waals surface area (Å²) in [6.07, 6.45) is 9.12. The van der Waals surface area contributed by atoms with E-state index in [1.165, 1.54) is 19.4 Å². The van der Waals surface area contributed by atoms with Gasteiger partial charge in [0, 0.05) is 35.8 Å². The van der Waals surface area contributed by atoms with E-state index in [2.05, 4.69) is 6.08 Å². The van der Waals surface area contributed by atoms with Gasteiger partial charge < -0.3 is 34.3 Å². The number of rotatable bonds is 10. The van der Waals surface area contributed by atoms with Crippen molar-refractivity contribution in [3.63, 3.8) is 0 Å². The highest BCUT2D eigenvalue weighted by Gasteiger charge is 2.81. The first kappa shape index (κ1) is 34.1. The zero-order chi connectivity index (χ0) is 35.2. The summed E-state index contributed by atoms with van der Waals surface area (Å²) < 4.78 is 25.5. The summed E-state index contributed by atoms with van der Waals surface area (Å²) in [6.45, 7) is 14.6. The van der Waals surface area contributed by atoms with Crippen LogP contribution in [0.15, 0.2) is 41.2 Å². The molecule has 258 valence electrons. The van der Waals surface area contributed by atoms with Crippen LogP contribution < -0.4 is 9.47 Å². The fourth-order valence-corrected chi connectivity index (χ4v) is 8.34. The molecule has 1 spiro atoms. The van der Waals surface area contributed by atoms with Crippen molar-refractivity contribution < 1.29 is 48.7 Å². The minimum absolute atomic E-state index is 0.00711. The van der Waals surface area contributed by atoms with Crippen molar-refractivity contribution in [1.82, 2.24) is 0 Å². The quantitative estimate of drug-likeness (QED) is 0.168. The summed E-state index contributed by atoms with van der Waals surface area (Å²) in [5, 5.41) is 33.9. The van der Waals surface area contributed by atoms with Gasteiger partial charge in [-0.05, 0) is 92.9 Å². The molecule has 3 aliphatic carbocycles. The van der Waals surface area contributed by atoms with Crippen LogP contribution in [0.3, 0.4) is 0 Å². The van der Waals surface area contributed by atoms with E-state index in [9.17, 15) is 29.7 Å². The van der Waals surface area contributed by atoms with E-state index in [4.69, 9.17) is 18.9 Å². The van der Waals surface area contributed by atoms with E-state index < -0.39 is 51.7 Å². The zero-order valence-electron chi connectivity index (χ0n) is 28.9. The van der Waals surface area contributed by atoms with Crippen LogP contribution in [-0.4, -0.2) is 67.5 Å². The van der Waals surface area contributed by atoms with Crippen LogP contribution in [0.4, 0.5) is 0 Å². The lowest BCUT2D eigenvalue weighted by Crippen LogP contribution is -2.72. The topological polar surface area (TPSA) is 149 Å². The number of benzene rings is 1. The Morgan fingerprint density at radius 3 is 2.48 bits per heavy atom. The van der Waals surface area contributed by atoms with Crippen LogP contribution >= 0.6 is 0 Å². The normalized spacial score (nSPS) is 31.5. The first-order chi connectivity index (χ1) is 22.3. The maximum Gasteiger partial charge on any atom is 0.298 e. The van der Waals surface area contributed by atoms with Crippen molar-refractivity contribution in [2.45, 2.75) is 122 Å². The molecular weight excluding hydrogens is 616 g/mol. The lowest BCUT2D eigenvalue weighted by molar-refractivity contribution is -0.171. The Bertz CT molecular complexity index is 1720. The second-order valence-electron chi connectivity index (χ2n) is 15.5. The van der Waals surface area contributed by atoms with Gasteiger partial charge in [-0.2, -0.15) is 0 Å². The number of Topliss-reactive ketones (excluding diaryl/α,β-unsaturated/α-hetero) is 2. The predicted octanol–water partition coefficient (Wildman–Crippen LogP) is 5.45. The molecule has 0 aromatic heterocycles. The smallest absolute Gasteiger partial charge is 0.298 e. The van der Waals surface area contributed by atoms with E-state index in [0.717, 1.165) is 6.42 Å². The molecule has 48 heavy (non-hydrogen) atoms. The van der Waals surface area contributed by atoms with Gasteiger partial charge in [0.25, 0.3) is 6.47 Å². The fourth-order valence-electron chi connectivity index (χ4n) is 8.34. The molecule has 3 heterocycles. The summed E-state index contributed by atoms with van der Waals surface area (Å²) >= 11 is 0. The largest absolute Gasteiger partial charge is 0.506 e. The van der Waals surface area contributed by atoms with Crippen molar-refractivity contribution in [3.8, 4) is 17.2 Å². The number of ether oxygens (including phenoxy) is 4. The highest BCUT2D eigenvalue weighted by molar-refractivity contribution is 6.19. The molecule has 3 N–H and O–H groups in total. The minimum Gasteiger partial charge on any atom is -0.506 e. The Morgan fingerprint density at radius 2 is 1.83 bits per heavy atom. The van der Waals surface area contributed by atoms with Crippen LogP contribution in [-0.2, 0) is 25.5 Å². The predicted molar refractivity (Wildman–Crippen MR) is 177 cm³/mol. The highest BCUT2D eigenvalue weighted by Crippen LogP contribution is 2.68. The SMILES string of the molecule is CC(C)=CCC[C@@]1(C)C=Cc2c(O)c3c(c(CC(O)C(C)(C)O)c2O1)O[C@]12C(=C[C@H]4CC1C(C)(C)O[C@]2(C/C=C(/C)OC=O)C4=O)C3=O. The van der Waals surface area contributed by atoms with E-state index >= 15 is 0 Å². The van der Waals surface area contributed by atoms with Crippen LogP contribution in [0.2, 0.25) is 0 Å². The molecule has 1 aromatic carbocycles. The van der Waals surface area contributed by atoms with Gasteiger partial charge in [0.2, 0.25) is 0 Å². The third-order valence-corrected chi connectivity index (χ3v) is 10.9. The number of fused-ring (bicyclic) bond motifs is 2. The van der Waals surface area contributed by atoms with E-state index in [1.807, 2.05) is 40.7 Å². The number of aliphatic hydroxyl groups excluding tert-OH is 1. The van der Waals surface area contributed by atoms with Crippen LogP contribution in [0.1, 0.15) is 103 Å². The number of phenolic OH excluding ortho intramolecular Hbond substituents is 1. The molecule has 2 fully saturated rings. The molecule has 2 unspecified atom stereocenters. The molecule has 3 aliphatic heterocycles. The average Bonchev–Trinajstić information content (AvgIpc) is 3.14. The molecule has 0 radical (unpaired) electrons. The summed E-state index contributed by atoms with van der Waals surface area (Å²) in [5.41, 5.74) is -4.63. The molecule has 1 aromatic rings. The lowest BCUT2D eigenvalue weighted by Gasteiger charge is -2.56. The number of carbonyl (C=O) groups excluding carboxylic acids is 3. The number of hydrogen-bond acceptors (Lipinski definition) is 10. The number of carbonyl (C=O) groups is 3. The van der Waals surface area contributed by atoms with Gasteiger partial charge in [-0.25, -0.2) is 0 Å². The molecule has 4 bridgehead atoms. The fraction of sp³-hybridized carbons (Fsp3) is 0.553. The second kappa shape index (κ2) is 11.1. The molecule has 6 aliphatic rings. The van der Waals surface area contributed by atoms with Crippen molar-refractivity contribution in [1.29, 1.82) is 0 Å². The Morgan fingerprint density at radius 1 is 1.12 bits per heavy atom. The molecule has 10 heteroatoms. The van der Waals surface area contributed by atoms with Gasteiger partial charge >= 0.3 is 0 Å². The molecule has 7 rings (SSSR count). The van der Waals surface area contributed by atoms with E-state index in [1.54, 1.807) is 25.2 Å². The van der Waals surface area contributed by atoms with Crippen molar-refractivity contribution in [3.05, 3.63) is 57.9 Å². The van der Waals surface area contributed by atoms with E-state index in [-0.39, 0.29) is 58.3 Å². The van der Waals surface area contributed by atoms with Crippen LogP contribution in [0.25, 0.3) is 6.08 Å². The summed E-state index contributed by atoms with van der Waals surface area (Å²) in [7, 11) is 0. The van der Waals surface area contributed by atoms with Gasteiger partial charge in [-0.3, -0.25) is 14.4 Å². The van der Waals surface area contributed by atoms with Crippen LogP contribution in [0, 0.1) is 11.8 Å². The highest BCUT2D eigenvalue weighted by atomic mass is 16.6. The molecule has 1 saturated heterocycles. The third-order valence-electron chi connectivity index (χ3n) is 10.9. The maximum absolute atomic E-state index is 14.8. The molecular formula is C38H46O10. The van der Waals surface area contributed by atoms with Gasteiger partial charge in [0.1, 0.15) is 34.2 Å².